The van der Waals surface area contributed by atoms with E-state index in [0.29, 0.717) is 12.5 Å². The van der Waals surface area contributed by atoms with Crippen LogP contribution in [0.3, 0.4) is 0 Å². The Bertz CT molecular complexity index is 245. The minimum absolute atomic E-state index is 0.107. The summed E-state index contributed by atoms with van der Waals surface area (Å²) >= 11 is 1.37. The molecule has 1 N–H and O–H groups in total. The SMILES string of the molecule is COC(=O)CCCCCCC1CSC(=O)N1. The lowest BCUT2D eigenvalue weighted by Crippen LogP contribution is -2.25. The van der Waals surface area contributed by atoms with Crippen LogP contribution >= 0.6 is 11.8 Å². The predicted molar refractivity (Wildman–Crippen MR) is 64.5 cm³/mol. The number of carbonyl (C=O) groups is 2. The second-order valence-electron chi connectivity index (χ2n) is 3.97. The Morgan fingerprint density at radius 1 is 1.44 bits per heavy atom. The van der Waals surface area contributed by atoms with E-state index in [9.17, 15) is 9.59 Å². The van der Waals surface area contributed by atoms with E-state index in [1.807, 2.05) is 0 Å². The Morgan fingerprint density at radius 2 is 2.19 bits per heavy atom. The first-order valence-electron chi connectivity index (χ1n) is 5.72. The van der Waals surface area contributed by atoms with E-state index in [1.54, 1.807) is 0 Å². The molecule has 0 radical (unpaired) electrons. The van der Waals surface area contributed by atoms with Gasteiger partial charge in [0.2, 0.25) is 0 Å². The van der Waals surface area contributed by atoms with Gasteiger partial charge in [-0.3, -0.25) is 9.59 Å². The topological polar surface area (TPSA) is 55.4 Å². The maximum atomic E-state index is 10.9. The smallest absolute Gasteiger partial charge is 0.305 e. The molecule has 1 fully saturated rings. The summed E-state index contributed by atoms with van der Waals surface area (Å²) in [6, 6.07) is 0.359. The molecule has 1 atom stereocenters. The van der Waals surface area contributed by atoms with E-state index in [0.717, 1.165) is 37.9 Å². The summed E-state index contributed by atoms with van der Waals surface area (Å²) < 4.78 is 4.56. The summed E-state index contributed by atoms with van der Waals surface area (Å²) in [6.45, 7) is 0. The van der Waals surface area contributed by atoms with Crippen molar-refractivity contribution in [1.82, 2.24) is 5.32 Å². The van der Waals surface area contributed by atoms with Crippen LogP contribution in [0, 0.1) is 0 Å². The number of ether oxygens (including phenoxy) is 1. The number of rotatable bonds is 7. The summed E-state index contributed by atoms with van der Waals surface area (Å²) in [7, 11) is 1.42. The van der Waals surface area contributed by atoms with E-state index in [-0.39, 0.29) is 11.2 Å². The average molecular weight is 245 g/mol. The number of amides is 1. The molecule has 1 aliphatic heterocycles. The zero-order chi connectivity index (χ0) is 11.8. The normalized spacial score (nSPS) is 19.6. The van der Waals surface area contributed by atoms with Crippen LogP contribution in [0.4, 0.5) is 4.79 Å². The van der Waals surface area contributed by atoms with Gasteiger partial charge in [0.1, 0.15) is 0 Å². The number of hydrogen-bond acceptors (Lipinski definition) is 4. The Labute approximate surface area is 100 Å². The number of unbranched alkanes of at least 4 members (excludes halogenated alkanes) is 3. The molecule has 92 valence electrons. The molecule has 1 unspecified atom stereocenters. The highest BCUT2D eigenvalue weighted by Crippen LogP contribution is 2.17. The molecule has 0 aromatic carbocycles. The Hall–Kier alpha value is -0.710. The van der Waals surface area contributed by atoms with Gasteiger partial charge < -0.3 is 10.1 Å². The number of methoxy groups -OCH3 is 1. The summed E-state index contributed by atoms with van der Waals surface area (Å²) in [5.41, 5.74) is 0. The largest absolute Gasteiger partial charge is 0.469 e. The monoisotopic (exact) mass is 245 g/mol. The zero-order valence-corrected chi connectivity index (χ0v) is 10.5. The molecule has 16 heavy (non-hydrogen) atoms. The third-order valence-electron chi connectivity index (χ3n) is 2.65. The van der Waals surface area contributed by atoms with Gasteiger partial charge in [-0.2, -0.15) is 0 Å². The maximum Gasteiger partial charge on any atom is 0.305 e. The molecule has 1 rings (SSSR count). The summed E-state index contributed by atoms with van der Waals surface area (Å²) in [4.78, 5) is 21.7. The Kier molecular flexibility index (Phi) is 6.30. The lowest BCUT2D eigenvalue weighted by atomic mass is 10.1. The number of carbonyl (C=O) groups excluding carboxylic acids is 2. The average Bonchev–Trinajstić information content (AvgIpc) is 2.69. The van der Waals surface area contributed by atoms with E-state index in [2.05, 4.69) is 10.1 Å². The standard InChI is InChI=1S/C11H19NO3S/c1-15-10(13)7-5-3-2-4-6-9-8-16-11(14)12-9/h9H,2-8H2,1H3,(H,12,14). The quantitative estimate of drug-likeness (QED) is 0.552. The number of hydrogen-bond donors (Lipinski definition) is 1. The van der Waals surface area contributed by atoms with Crippen molar-refractivity contribution in [2.24, 2.45) is 0 Å². The fourth-order valence-corrected chi connectivity index (χ4v) is 2.55. The van der Waals surface area contributed by atoms with Crippen LogP contribution in [0.5, 0.6) is 0 Å². The minimum Gasteiger partial charge on any atom is -0.469 e. The van der Waals surface area contributed by atoms with Crippen molar-refractivity contribution < 1.29 is 14.3 Å². The molecule has 1 aliphatic rings. The fraction of sp³-hybridized carbons (Fsp3) is 0.818. The highest BCUT2D eigenvalue weighted by Gasteiger charge is 2.20. The van der Waals surface area contributed by atoms with Crippen LogP contribution in [0.1, 0.15) is 38.5 Å². The number of nitrogens with one attached hydrogen (secondary N) is 1. The van der Waals surface area contributed by atoms with Gasteiger partial charge in [-0.05, 0) is 12.8 Å². The lowest BCUT2D eigenvalue weighted by Gasteiger charge is -2.07. The molecule has 4 nitrogen and oxygen atoms in total. The molecule has 0 aromatic heterocycles. The summed E-state index contributed by atoms with van der Waals surface area (Å²) in [6.07, 6.45) is 5.77. The predicted octanol–water partition coefficient (Wildman–Crippen LogP) is 2.33. The van der Waals surface area contributed by atoms with Crippen LogP contribution < -0.4 is 5.32 Å². The fourth-order valence-electron chi connectivity index (χ4n) is 1.70. The second-order valence-corrected chi connectivity index (χ2v) is 4.96. The Balaban J connectivity index is 1.88. The number of esters is 1. The van der Waals surface area contributed by atoms with E-state index in [1.165, 1.54) is 18.9 Å². The highest BCUT2D eigenvalue weighted by molar-refractivity contribution is 8.13. The van der Waals surface area contributed by atoms with Crippen LogP contribution in [0.2, 0.25) is 0 Å². The number of thioether (sulfide) groups is 1. The van der Waals surface area contributed by atoms with Crippen LogP contribution in [0.15, 0.2) is 0 Å². The summed E-state index contributed by atoms with van der Waals surface area (Å²) in [5, 5.41) is 3.03. The van der Waals surface area contributed by atoms with Gasteiger partial charge in [-0.15, -0.1) is 0 Å². The van der Waals surface area contributed by atoms with E-state index >= 15 is 0 Å². The molecule has 1 amide bonds. The molecule has 0 spiro atoms. The molecule has 1 saturated heterocycles. The molecule has 0 bridgehead atoms. The molecular weight excluding hydrogens is 226 g/mol. The van der Waals surface area contributed by atoms with Crippen molar-refractivity contribution in [2.75, 3.05) is 12.9 Å². The first kappa shape index (κ1) is 13.4. The van der Waals surface area contributed by atoms with Gasteiger partial charge in [-0.1, -0.05) is 31.0 Å². The summed E-state index contributed by atoms with van der Waals surface area (Å²) in [5.74, 6) is 0.778. The van der Waals surface area contributed by atoms with Gasteiger partial charge in [0, 0.05) is 18.2 Å². The minimum atomic E-state index is -0.126. The molecule has 0 aliphatic carbocycles. The molecule has 0 saturated carbocycles. The molecule has 0 aromatic rings. The van der Waals surface area contributed by atoms with Crippen molar-refractivity contribution in [3.05, 3.63) is 0 Å². The second kappa shape index (κ2) is 7.54. The van der Waals surface area contributed by atoms with Crippen LogP contribution in [-0.2, 0) is 9.53 Å². The van der Waals surface area contributed by atoms with Crippen LogP contribution in [0.25, 0.3) is 0 Å². The Morgan fingerprint density at radius 3 is 2.81 bits per heavy atom. The van der Waals surface area contributed by atoms with Gasteiger partial charge in [0.05, 0.1) is 7.11 Å². The van der Waals surface area contributed by atoms with Gasteiger partial charge in [-0.25, -0.2) is 0 Å². The third kappa shape index (κ3) is 5.39. The van der Waals surface area contributed by atoms with Gasteiger partial charge in [0.15, 0.2) is 0 Å². The first-order valence-corrected chi connectivity index (χ1v) is 6.71. The molecule has 5 heteroatoms. The highest BCUT2D eigenvalue weighted by atomic mass is 32.2. The molecule has 1 heterocycles. The van der Waals surface area contributed by atoms with E-state index < -0.39 is 0 Å². The van der Waals surface area contributed by atoms with E-state index in [4.69, 9.17) is 0 Å². The third-order valence-corrected chi connectivity index (χ3v) is 3.60. The van der Waals surface area contributed by atoms with Crippen molar-refractivity contribution in [3.63, 3.8) is 0 Å². The van der Waals surface area contributed by atoms with Gasteiger partial charge >= 0.3 is 5.97 Å². The molecular formula is C11H19NO3S. The van der Waals surface area contributed by atoms with Crippen molar-refractivity contribution in [2.45, 2.75) is 44.6 Å². The lowest BCUT2D eigenvalue weighted by molar-refractivity contribution is -0.140. The van der Waals surface area contributed by atoms with Crippen LogP contribution in [-0.4, -0.2) is 30.1 Å². The van der Waals surface area contributed by atoms with Crippen molar-refractivity contribution in [3.8, 4) is 0 Å². The first-order chi connectivity index (χ1) is 7.72. The van der Waals surface area contributed by atoms with Crippen molar-refractivity contribution >= 4 is 23.0 Å². The zero-order valence-electron chi connectivity index (χ0n) is 9.66. The van der Waals surface area contributed by atoms with Gasteiger partial charge in [0.25, 0.3) is 5.24 Å². The maximum absolute atomic E-state index is 10.9. The van der Waals surface area contributed by atoms with Crippen molar-refractivity contribution in [1.29, 1.82) is 0 Å².